The molecule has 0 bridgehead atoms. The van der Waals surface area contributed by atoms with Gasteiger partial charge in [0.1, 0.15) is 0 Å². The third kappa shape index (κ3) is 4.45. The van der Waals surface area contributed by atoms with Gasteiger partial charge in [0.15, 0.2) is 0 Å². The molecule has 2 N–H and O–H groups in total. The molecule has 0 spiro atoms. The maximum atomic E-state index is 10.6. The van der Waals surface area contributed by atoms with E-state index in [4.69, 9.17) is 11.6 Å². The lowest BCUT2D eigenvalue weighted by atomic mass is 9.78. The van der Waals surface area contributed by atoms with Gasteiger partial charge in [-0.3, -0.25) is 0 Å². The van der Waals surface area contributed by atoms with Crippen molar-refractivity contribution < 1.29 is 5.11 Å². The Balaban J connectivity index is 1.79. The highest BCUT2D eigenvalue weighted by atomic mass is 79.9. The zero-order valence-corrected chi connectivity index (χ0v) is 14.3. The Morgan fingerprint density at radius 3 is 2.70 bits per heavy atom. The van der Waals surface area contributed by atoms with Gasteiger partial charge >= 0.3 is 0 Å². The van der Waals surface area contributed by atoms with Crippen molar-refractivity contribution >= 4 is 27.5 Å². The van der Waals surface area contributed by atoms with Crippen molar-refractivity contribution in [1.29, 1.82) is 0 Å². The highest BCUT2D eigenvalue weighted by Gasteiger charge is 2.31. The van der Waals surface area contributed by atoms with Gasteiger partial charge in [-0.2, -0.15) is 0 Å². The van der Waals surface area contributed by atoms with Gasteiger partial charge in [-0.05, 0) is 65.2 Å². The quantitative estimate of drug-likeness (QED) is 0.809. The van der Waals surface area contributed by atoms with Crippen LogP contribution in [0, 0.1) is 5.92 Å². The van der Waals surface area contributed by atoms with E-state index >= 15 is 0 Å². The number of halogens is 2. The summed E-state index contributed by atoms with van der Waals surface area (Å²) < 4.78 is 0.916. The first-order valence-electron chi connectivity index (χ1n) is 7.39. The van der Waals surface area contributed by atoms with Crippen LogP contribution in [0.25, 0.3) is 0 Å². The molecule has 1 fully saturated rings. The summed E-state index contributed by atoms with van der Waals surface area (Å²) in [6.07, 6.45) is 5.37. The molecule has 1 aromatic carbocycles. The van der Waals surface area contributed by atoms with Crippen LogP contribution < -0.4 is 5.32 Å². The monoisotopic (exact) mass is 359 g/mol. The molecule has 0 saturated heterocycles. The molecule has 0 radical (unpaired) electrons. The second kappa shape index (κ2) is 7.26. The summed E-state index contributed by atoms with van der Waals surface area (Å²) in [5.41, 5.74) is 0.620. The Morgan fingerprint density at radius 2 is 2.10 bits per heavy atom. The fourth-order valence-electron chi connectivity index (χ4n) is 2.89. The van der Waals surface area contributed by atoms with E-state index < -0.39 is 5.60 Å². The summed E-state index contributed by atoms with van der Waals surface area (Å²) in [6.45, 7) is 3.65. The summed E-state index contributed by atoms with van der Waals surface area (Å²) in [5, 5.41) is 14.7. The number of hydrogen-bond donors (Lipinski definition) is 2. The van der Waals surface area contributed by atoms with Crippen LogP contribution >= 0.6 is 27.5 Å². The average Bonchev–Trinajstić information content (AvgIpc) is 2.44. The van der Waals surface area contributed by atoms with Gasteiger partial charge in [0.2, 0.25) is 0 Å². The SMILES string of the molecule is CCC1CCC(O)(CNCc2ccc(Br)c(Cl)c2)CC1. The standard InChI is InChI=1S/C16H23BrClNO/c1-2-12-5-7-16(20,8-6-12)11-19-10-13-3-4-14(17)15(18)9-13/h3-4,9,12,19-20H,2,5-8,10-11H2,1H3. The Bertz CT molecular complexity index is 444. The molecule has 0 aromatic heterocycles. The Hall–Kier alpha value is -0.0900. The maximum absolute atomic E-state index is 10.6. The second-order valence-electron chi connectivity index (χ2n) is 5.93. The van der Waals surface area contributed by atoms with E-state index in [2.05, 4.69) is 28.2 Å². The number of nitrogens with one attached hydrogen (secondary N) is 1. The van der Waals surface area contributed by atoms with Crippen molar-refractivity contribution in [2.24, 2.45) is 5.92 Å². The van der Waals surface area contributed by atoms with Crippen LogP contribution in [0.1, 0.15) is 44.6 Å². The molecule has 0 unspecified atom stereocenters. The minimum atomic E-state index is -0.523. The van der Waals surface area contributed by atoms with E-state index in [0.29, 0.717) is 6.54 Å². The third-order valence-corrected chi connectivity index (χ3v) is 5.61. The van der Waals surface area contributed by atoms with Gasteiger partial charge in [0.25, 0.3) is 0 Å². The molecule has 1 aliphatic carbocycles. The van der Waals surface area contributed by atoms with Crippen molar-refractivity contribution in [2.75, 3.05) is 6.54 Å². The van der Waals surface area contributed by atoms with E-state index in [9.17, 15) is 5.11 Å². The normalized spacial score (nSPS) is 26.7. The van der Waals surface area contributed by atoms with Crippen LogP contribution in [0.5, 0.6) is 0 Å². The largest absolute Gasteiger partial charge is 0.389 e. The van der Waals surface area contributed by atoms with E-state index in [1.807, 2.05) is 18.2 Å². The molecule has 0 atom stereocenters. The van der Waals surface area contributed by atoms with Crippen LogP contribution in [0.15, 0.2) is 22.7 Å². The Morgan fingerprint density at radius 1 is 1.40 bits per heavy atom. The zero-order valence-electron chi connectivity index (χ0n) is 12.0. The number of rotatable bonds is 5. The molecule has 20 heavy (non-hydrogen) atoms. The summed E-state index contributed by atoms with van der Waals surface area (Å²) in [4.78, 5) is 0. The predicted molar refractivity (Wildman–Crippen MR) is 88.1 cm³/mol. The maximum Gasteiger partial charge on any atom is 0.0771 e. The van der Waals surface area contributed by atoms with Crippen LogP contribution in [0.3, 0.4) is 0 Å². The van der Waals surface area contributed by atoms with Crippen molar-refractivity contribution in [3.05, 3.63) is 33.3 Å². The van der Waals surface area contributed by atoms with Crippen LogP contribution in [-0.2, 0) is 6.54 Å². The lowest BCUT2D eigenvalue weighted by molar-refractivity contribution is -0.00881. The average molecular weight is 361 g/mol. The lowest BCUT2D eigenvalue weighted by Crippen LogP contribution is -2.43. The van der Waals surface area contributed by atoms with Crippen molar-refractivity contribution in [3.8, 4) is 0 Å². The summed E-state index contributed by atoms with van der Waals surface area (Å²) in [6, 6.07) is 5.96. The molecule has 1 aromatic rings. The molecular formula is C16H23BrClNO. The fourth-order valence-corrected chi connectivity index (χ4v) is 3.34. The Kier molecular flexibility index (Phi) is 5.91. The topological polar surface area (TPSA) is 32.3 Å². The summed E-state index contributed by atoms with van der Waals surface area (Å²) in [5.74, 6) is 0.806. The minimum absolute atomic E-state index is 0.523. The molecule has 0 amide bonds. The fraction of sp³-hybridized carbons (Fsp3) is 0.625. The smallest absolute Gasteiger partial charge is 0.0771 e. The molecule has 112 valence electrons. The molecule has 1 saturated carbocycles. The van der Waals surface area contributed by atoms with Crippen molar-refractivity contribution in [3.63, 3.8) is 0 Å². The van der Waals surface area contributed by atoms with Crippen LogP contribution in [0.4, 0.5) is 0 Å². The van der Waals surface area contributed by atoms with Crippen molar-refractivity contribution in [1.82, 2.24) is 5.32 Å². The molecule has 2 rings (SSSR count). The van der Waals surface area contributed by atoms with Gasteiger partial charge in [0, 0.05) is 17.6 Å². The van der Waals surface area contributed by atoms with E-state index in [1.54, 1.807) is 0 Å². The summed E-state index contributed by atoms with van der Waals surface area (Å²) >= 11 is 9.47. The molecule has 1 aliphatic rings. The lowest BCUT2D eigenvalue weighted by Gasteiger charge is -2.36. The number of benzene rings is 1. The molecule has 2 nitrogen and oxygen atoms in total. The number of hydrogen-bond acceptors (Lipinski definition) is 2. The van der Waals surface area contributed by atoms with E-state index in [1.165, 1.54) is 6.42 Å². The molecule has 0 heterocycles. The van der Waals surface area contributed by atoms with Crippen LogP contribution in [0.2, 0.25) is 5.02 Å². The van der Waals surface area contributed by atoms with Gasteiger partial charge in [-0.15, -0.1) is 0 Å². The van der Waals surface area contributed by atoms with Gasteiger partial charge in [-0.1, -0.05) is 31.0 Å². The first-order valence-corrected chi connectivity index (χ1v) is 8.56. The first kappa shape index (κ1) is 16.3. The predicted octanol–water partition coefficient (Wildman–Crippen LogP) is 4.52. The van der Waals surface area contributed by atoms with Crippen molar-refractivity contribution in [2.45, 2.75) is 51.2 Å². The first-order chi connectivity index (χ1) is 9.52. The third-order valence-electron chi connectivity index (χ3n) is 4.38. The second-order valence-corrected chi connectivity index (χ2v) is 7.19. The number of aliphatic hydroxyl groups is 1. The van der Waals surface area contributed by atoms with Gasteiger partial charge < -0.3 is 10.4 Å². The van der Waals surface area contributed by atoms with Crippen LogP contribution in [-0.4, -0.2) is 17.3 Å². The van der Waals surface area contributed by atoms with E-state index in [0.717, 1.165) is 53.2 Å². The highest BCUT2D eigenvalue weighted by Crippen LogP contribution is 2.33. The summed E-state index contributed by atoms with van der Waals surface area (Å²) in [7, 11) is 0. The molecular weight excluding hydrogens is 338 g/mol. The highest BCUT2D eigenvalue weighted by molar-refractivity contribution is 9.10. The molecule has 0 aliphatic heterocycles. The minimum Gasteiger partial charge on any atom is -0.389 e. The molecule has 4 heteroatoms. The zero-order chi connectivity index (χ0) is 14.6. The van der Waals surface area contributed by atoms with Gasteiger partial charge in [0.05, 0.1) is 10.6 Å². The Labute approximate surface area is 135 Å². The van der Waals surface area contributed by atoms with Gasteiger partial charge in [-0.25, -0.2) is 0 Å². The van der Waals surface area contributed by atoms with E-state index in [-0.39, 0.29) is 0 Å².